The van der Waals surface area contributed by atoms with Crippen LogP contribution in [0, 0.1) is 6.92 Å². The number of ketones is 1. The highest BCUT2D eigenvalue weighted by Crippen LogP contribution is 2.25. The van der Waals surface area contributed by atoms with Crippen molar-refractivity contribution >= 4 is 29.0 Å². The molecule has 28 heavy (non-hydrogen) atoms. The SMILES string of the molecule is CCOc1ccc(C(=O)Nc2ccc(Cl)cc2C(=O)c2ccccc2)cc1C. The maximum absolute atomic E-state index is 12.9. The van der Waals surface area contributed by atoms with Crippen molar-refractivity contribution in [1.82, 2.24) is 0 Å². The van der Waals surface area contributed by atoms with Gasteiger partial charge in [-0.05, 0) is 55.8 Å². The zero-order chi connectivity index (χ0) is 20.1. The predicted octanol–water partition coefficient (Wildman–Crippen LogP) is 5.53. The summed E-state index contributed by atoms with van der Waals surface area (Å²) in [6.45, 7) is 4.35. The lowest BCUT2D eigenvalue weighted by Gasteiger charge is -2.13. The van der Waals surface area contributed by atoms with Crippen molar-refractivity contribution < 1.29 is 14.3 Å². The molecule has 0 heterocycles. The number of hydrogen-bond donors (Lipinski definition) is 1. The van der Waals surface area contributed by atoms with Gasteiger partial charge in [-0.15, -0.1) is 0 Å². The van der Waals surface area contributed by atoms with Gasteiger partial charge in [-0.2, -0.15) is 0 Å². The monoisotopic (exact) mass is 393 g/mol. The molecule has 1 N–H and O–H groups in total. The van der Waals surface area contributed by atoms with Gasteiger partial charge in [-0.3, -0.25) is 9.59 Å². The number of benzene rings is 3. The van der Waals surface area contributed by atoms with E-state index in [1.165, 1.54) is 0 Å². The molecule has 5 heteroatoms. The van der Waals surface area contributed by atoms with Crippen LogP contribution in [0.1, 0.15) is 38.8 Å². The Hall–Kier alpha value is -3.11. The number of aryl methyl sites for hydroxylation is 1. The van der Waals surface area contributed by atoms with Crippen molar-refractivity contribution in [3.8, 4) is 5.75 Å². The molecular formula is C23H20ClNO3. The second-order valence-electron chi connectivity index (χ2n) is 6.25. The Morgan fingerprint density at radius 1 is 0.964 bits per heavy atom. The molecule has 0 saturated carbocycles. The summed E-state index contributed by atoms with van der Waals surface area (Å²) >= 11 is 6.09. The van der Waals surface area contributed by atoms with E-state index < -0.39 is 0 Å². The quantitative estimate of drug-likeness (QED) is 0.560. The summed E-state index contributed by atoms with van der Waals surface area (Å²) in [5.41, 5.74) is 2.63. The molecule has 0 atom stereocenters. The zero-order valence-electron chi connectivity index (χ0n) is 15.7. The fourth-order valence-corrected chi connectivity index (χ4v) is 3.03. The van der Waals surface area contributed by atoms with Gasteiger partial charge in [0, 0.05) is 21.7 Å². The Balaban J connectivity index is 1.89. The van der Waals surface area contributed by atoms with E-state index in [0.717, 1.165) is 11.3 Å². The lowest BCUT2D eigenvalue weighted by molar-refractivity contribution is 0.102. The van der Waals surface area contributed by atoms with Gasteiger partial charge >= 0.3 is 0 Å². The van der Waals surface area contributed by atoms with Crippen LogP contribution in [0.3, 0.4) is 0 Å². The number of hydrogen-bond acceptors (Lipinski definition) is 3. The van der Waals surface area contributed by atoms with E-state index in [0.29, 0.717) is 34.0 Å². The van der Waals surface area contributed by atoms with Gasteiger partial charge in [0.25, 0.3) is 5.91 Å². The Bertz CT molecular complexity index is 1020. The van der Waals surface area contributed by atoms with Crippen molar-refractivity contribution in [3.05, 3.63) is 94.0 Å². The minimum Gasteiger partial charge on any atom is -0.494 e. The van der Waals surface area contributed by atoms with E-state index in [4.69, 9.17) is 16.3 Å². The van der Waals surface area contributed by atoms with Crippen LogP contribution in [0.4, 0.5) is 5.69 Å². The lowest BCUT2D eigenvalue weighted by atomic mass is 10.0. The third-order valence-corrected chi connectivity index (χ3v) is 4.48. The van der Waals surface area contributed by atoms with E-state index in [1.807, 2.05) is 19.9 Å². The maximum Gasteiger partial charge on any atom is 0.255 e. The first-order chi connectivity index (χ1) is 13.5. The van der Waals surface area contributed by atoms with Gasteiger partial charge in [-0.25, -0.2) is 0 Å². The summed E-state index contributed by atoms with van der Waals surface area (Å²) < 4.78 is 5.51. The predicted molar refractivity (Wildman–Crippen MR) is 112 cm³/mol. The standard InChI is InChI=1S/C23H20ClNO3/c1-3-28-21-12-9-17(13-15(21)2)23(27)25-20-11-10-18(24)14-19(20)22(26)16-7-5-4-6-8-16/h4-14H,3H2,1-2H3,(H,25,27). The van der Waals surface area contributed by atoms with Crippen molar-refractivity contribution in [2.75, 3.05) is 11.9 Å². The van der Waals surface area contributed by atoms with Crippen molar-refractivity contribution in [1.29, 1.82) is 0 Å². The number of ether oxygens (including phenoxy) is 1. The third-order valence-electron chi connectivity index (χ3n) is 4.25. The molecule has 0 aliphatic heterocycles. The summed E-state index contributed by atoms with van der Waals surface area (Å²) in [5, 5.41) is 3.25. The van der Waals surface area contributed by atoms with Crippen LogP contribution in [0.15, 0.2) is 66.7 Å². The summed E-state index contributed by atoms with van der Waals surface area (Å²) in [6.07, 6.45) is 0. The maximum atomic E-state index is 12.9. The Labute approximate surface area is 169 Å². The first kappa shape index (κ1) is 19.6. The topological polar surface area (TPSA) is 55.4 Å². The smallest absolute Gasteiger partial charge is 0.255 e. The van der Waals surface area contributed by atoms with Gasteiger partial charge in [-0.1, -0.05) is 41.9 Å². The Morgan fingerprint density at radius 2 is 1.71 bits per heavy atom. The minimum atomic E-state index is -0.310. The van der Waals surface area contributed by atoms with Gasteiger partial charge in [0.1, 0.15) is 5.75 Å². The number of halogens is 1. The minimum absolute atomic E-state index is 0.207. The summed E-state index contributed by atoms with van der Waals surface area (Å²) in [7, 11) is 0. The molecule has 0 unspecified atom stereocenters. The third kappa shape index (κ3) is 4.41. The number of nitrogens with one attached hydrogen (secondary N) is 1. The number of rotatable bonds is 6. The van der Waals surface area contributed by atoms with E-state index in [1.54, 1.807) is 60.7 Å². The molecule has 4 nitrogen and oxygen atoms in total. The molecule has 0 aromatic heterocycles. The summed E-state index contributed by atoms with van der Waals surface area (Å²) in [5.74, 6) is 0.224. The van der Waals surface area contributed by atoms with Crippen molar-refractivity contribution in [2.24, 2.45) is 0 Å². The van der Waals surface area contributed by atoms with Crippen LogP contribution in [0.5, 0.6) is 5.75 Å². The highest BCUT2D eigenvalue weighted by molar-refractivity contribution is 6.31. The van der Waals surface area contributed by atoms with Gasteiger partial charge in [0.05, 0.1) is 12.3 Å². The largest absolute Gasteiger partial charge is 0.494 e. The lowest BCUT2D eigenvalue weighted by Crippen LogP contribution is -2.15. The van der Waals surface area contributed by atoms with E-state index in [-0.39, 0.29) is 11.7 Å². The van der Waals surface area contributed by atoms with Crippen LogP contribution in [-0.4, -0.2) is 18.3 Å². The highest BCUT2D eigenvalue weighted by atomic mass is 35.5. The molecule has 0 bridgehead atoms. The zero-order valence-corrected chi connectivity index (χ0v) is 16.4. The molecule has 0 radical (unpaired) electrons. The average Bonchev–Trinajstić information content (AvgIpc) is 2.71. The number of carbonyl (C=O) groups is 2. The molecule has 0 aliphatic carbocycles. The van der Waals surface area contributed by atoms with Crippen LogP contribution in [0.25, 0.3) is 0 Å². The van der Waals surface area contributed by atoms with E-state index in [9.17, 15) is 9.59 Å². The molecule has 0 aliphatic rings. The molecule has 0 saturated heterocycles. The van der Waals surface area contributed by atoms with Crippen LogP contribution < -0.4 is 10.1 Å². The normalized spacial score (nSPS) is 10.4. The van der Waals surface area contributed by atoms with Gasteiger partial charge in [0.2, 0.25) is 0 Å². The molecule has 0 fully saturated rings. The molecule has 142 valence electrons. The number of amides is 1. The molecule has 1 amide bonds. The van der Waals surface area contributed by atoms with Crippen molar-refractivity contribution in [3.63, 3.8) is 0 Å². The second kappa shape index (κ2) is 8.72. The number of carbonyl (C=O) groups excluding carboxylic acids is 2. The molecule has 3 aromatic carbocycles. The van der Waals surface area contributed by atoms with Gasteiger partial charge < -0.3 is 10.1 Å². The van der Waals surface area contributed by atoms with E-state index in [2.05, 4.69) is 5.32 Å². The highest BCUT2D eigenvalue weighted by Gasteiger charge is 2.17. The molecule has 0 spiro atoms. The second-order valence-corrected chi connectivity index (χ2v) is 6.69. The Kier molecular flexibility index (Phi) is 6.12. The fourth-order valence-electron chi connectivity index (χ4n) is 2.86. The van der Waals surface area contributed by atoms with Crippen LogP contribution in [-0.2, 0) is 0 Å². The fraction of sp³-hybridized carbons (Fsp3) is 0.130. The molecule has 3 rings (SSSR count). The molecule has 3 aromatic rings. The van der Waals surface area contributed by atoms with Crippen LogP contribution >= 0.6 is 11.6 Å². The van der Waals surface area contributed by atoms with E-state index >= 15 is 0 Å². The Morgan fingerprint density at radius 3 is 2.39 bits per heavy atom. The van der Waals surface area contributed by atoms with Crippen LogP contribution in [0.2, 0.25) is 5.02 Å². The first-order valence-corrected chi connectivity index (χ1v) is 9.31. The number of anilines is 1. The summed E-state index contributed by atoms with van der Waals surface area (Å²) in [4.78, 5) is 25.6. The van der Waals surface area contributed by atoms with Crippen molar-refractivity contribution in [2.45, 2.75) is 13.8 Å². The summed E-state index contributed by atoms with van der Waals surface area (Å²) in [6, 6.07) is 18.9. The van der Waals surface area contributed by atoms with Gasteiger partial charge in [0.15, 0.2) is 5.78 Å². The average molecular weight is 394 g/mol. The first-order valence-electron chi connectivity index (χ1n) is 8.93. The molecular weight excluding hydrogens is 374 g/mol.